The molecule has 0 aromatic carbocycles. The van der Waals surface area contributed by atoms with Gasteiger partial charge in [0.2, 0.25) is 0 Å². The molecule has 4 nitrogen and oxygen atoms in total. The highest BCUT2D eigenvalue weighted by Gasteiger charge is 2.08. The first-order valence-corrected chi connectivity index (χ1v) is 5.33. The third-order valence-corrected chi connectivity index (χ3v) is 2.93. The normalized spacial score (nSPS) is 10.3. The van der Waals surface area contributed by atoms with Crippen molar-refractivity contribution in [2.45, 2.75) is 6.92 Å². The van der Waals surface area contributed by atoms with Crippen LogP contribution >= 0.6 is 11.3 Å². The van der Waals surface area contributed by atoms with Gasteiger partial charge in [0.15, 0.2) is 0 Å². The van der Waals surface area contributed by atoms with Crippen molar-refractivity contribution in [1.82, 2.24) is 9.78 Å². The number of carbonyl (C=O) groups excluding carboxylic acids is 1. The zero-order valence-electron chi connectivity index (χ0n) is 8.52. The van der Waals surface area contributed by atoms with Crippen molar-refractivity contribution in [3.63, 3.8) is 0 Å². The molecule has 0 radical (unpaired) electrons. The van der Waals surface area contributed by atoms with Crippen LogP contribution in [-0.2, 0) is 7.05 Å². The van der Waals surface area contributed by atoms with E-state index in [1.54, 1.807) is 17.1 Å². The molecule has 0 aliphatic heterocycles. The van der Waals surface area contributed by atoms with Crippen LogP contribution in [0.25, 0.3) is 0 Å². The van der Waals surface area contributed by atoms with E-state index in [2.05, 4.69) is 10.4 Å². The van der Waals surface area contributed by atoms with Crippen LogP contribution in [0.15, 0.2) is 24.5 Å². The molecule has 78 valence electrons. The fraction of sp³-hybridized carbons (Fsp3) is 0.200. The Morgan fingerprint density at radius 2 is 2.33 bits per heavy atom. The van der Waals surface area contributed by atoms with Crippen molar-refractivity contribution in [1.29, 1.82) is 0 Å². The van der Waals surface area contributed by atoms with Gasteiger partial charge in [-0.05, 0) is 19.1 Å². The summed E-state index contributed by atoms with van der Waals surface area (Å²) in [6.45, 7) is 1.98. The van der Waals surface area contributed by atoms with Crippen molar-refractivity contribution >= 4 is 22.9 Å². The number of aromatic nitrogens is 2. The van der Waals surface area contributed by atoms with Gasteiger partial charge in [-0.2, -0.15) is 5.10 Å². The Morgan fingerprint density at radius 3 is 2.87 bits per heavy atom. The van der Waals surface area contributed by atoms with Crippen molar-refractivity contribution in [2.24, 2.45) is 7.05 Å². The Bertz CT molecular complexity index is 486. The minimum atomic E-state index is -0.0823. The number of hydrogen-bond donors (Lipinski definition) is 1. The fourth-order valence-electron chi connectivity index (χ4n) is 1.24. The molecule has 2 aromatic heterocycles. The molecular formula is C10H11N3OS. The summed E-state index contributed by atoms with van der Waals surface area (Å²) in [6.07, 6.45) is 3.39. The molecule has 0 spiro atoms. The van der Waals surface area contributed by atoms with Gasteiger partial charge in [0.05, 0.1) is 16.8 Å². The third kappa shape index (κ3) is 2.24. The van der Waals surface area contributed by atoms with Crippen molar-refractivity contribution in [2.75, 3.05) is 5.32 Å². The first kappa shape index (κ1) is 9.92. The quantitative estimate of drug-likeness (QED) is 0.843. The number of thiophene rings is 1. The molecule has 2 heterocycles. The monoisotopic (exact) mass is 221 g/mol. The van der Waals surface area contributed by atoms with Crippen LogP contribution in [0.5, 0.6) is 0 Å². The zero-order chi connectivity index (χ0) is 10.8. The summed E-state index contributed by atoms with van der Waals surface area (Å²) >= 11 is 1.48. The Balaban J connectivity index is 2.10. The first-order chi connectivity index (χ1) is 7.15. The molecule has 0 bridgehead atoms. The second-order valence-corrected chi connectivity index (χ2v) is 4.56. The van der Waals surface area contributed by atoms with E-state index in [4.69, 9.17) is 0 Å². The molecule has 5 heteroatoms. The predicted molar refractivity (Wildman–Crippen MR) is 60.2 cm³/mol. The van der Waals surface area contributed by atoms with Crippen LogP contribution in [0.3, 0.4) is 0 Å². The van der Waals surface area contributed by atoms with Gasteiger partial charge in [-0.1, -0.05) is 0 Å². The summed E-state index contributed by atoms with van der Waals surface area (Å²) in [7, 11) is 1.81. The number of nitrogens with one attached hydrogen (secondary N) is 1. The highest BCUT2D eigenvalue weighted by atomic mass is 32.1. The summed E-state index contributed by atoms with van der Waals surface area (Å²) < 4.78 is 1.65. The van der Waals surface area contributed by atoms with Gasteiger partial charge >= 0.3 is 0 Å². The Morgan fingerprint density at radius 1 is 1.53 bits per heavy atom. The molecule has 2 rings (SSSR count). The molecule has 1 amide bonds. The minimum absolute atomic E-state index is 0.0823. The molecule has 0 saturated carbocycles. The van der Waals surface area contributed by atoms with Crippen LogP contribution in [0.1, 0.15) is 14.5 Å². The van der Waals surface area contributed by atoms with Gasteiger partial charge in [-0.25, -0.2) is 0 Å². The van der Waals surface area contributed by atoms with Crippen molar-refractivity contribution in [3.05, 3.63) is 34.3 Å². The van der Waals surface area contributed by atoms with E-state index in [1.165, 1.54) is 11.3 Å². The van der Waals surface area contributed by atoms with E-state index in [0.717, 1.165) is 9.75 Å². The summed E-state index contributed by atoms with van der Waals surface area (Å²) in [5.41, 5.74) is 0.716. The summed E-state index contributed by atoms with van der Waals surface area (Å²) in [5.74, 6) is -0.0823. The number of anilines is 1. The Hall–Kier alpha value is -1.62. The van der Waals surface area contributed by atoms with Crippen LogP contribution in [0.2, 0.25) is 0 Å². The summed E-state index contributed by atoms with van der Waals surface area (Å²) in [5, 5.41) is 6.75. The van der Waals surface area contributed by atoms with Crippen LogP contribution in [-0.4, -0.2) is 15.7 Å². The molecule has 1 N–H and O–H groups in total. The van der Waals surface area contributed by atoms with Gasteiger partial charge < -0.3 is 5.32 Å². The Labute approximate surface area is 91.5 Å². The zero-order valence-corrected chi connectivity index (χ0v) is 9.34. The summed E-state index contributed by atoms with van der Waals surface area (Å²) in [4.78, 5) is 13.5. The fourth-order valence-corrected chi connectivity index (χ4v) is 2.00. The van der Waals surface area contributed by atoms with Gasteiger partial charge in [0.25, 0.3) is 5.91 Å². The van der Waals surface area contributed by atoms with Gasteiger partial charge in [0, 0.05) is 18.1 Å². The van der Waals surface area contributed by atoms with E-state index in [9.17, 15) is 4.79 Å². The van der Waals surface area contributed by atoms with E-state index in [0.29, 0.717) is 5.69 Å². The standard InChI is InChI=1S/C10H11N3OS/c1-7-3-4-9(15-7)10(14)12-8-5-11-13(2)6-8/h3-6H,1-2H3,(H,12,14). The van der Waals surface area contributed by atoms with E-state index in [-0.39, 0.29) is 5.91 Å². The maximum absolute atomic E-state index is 11.7. The van der Waals surface area contributed by atoms with Crippen molar-refractivity contribution < 1.29 is 4.79 Å². The lowest BCUT2D eigenvalue weighted by molar-refractivity contribution is 0.103. The number of aryl methyl sites for hydroxylation is 2. The lowest BCUT2D eigenvalue weighted by Crippen LogP contribution is -2.09. The number of nitrogens with zero attached hydrogens (tertiary/aromatic N) is 2. The summed E-state index contributed by atoms with van der Waals surface area (Å²) in [6, 6.07) is 3.76. The second-order valence-electron chi connectivity index (χ2n) is 3.27. The van der Waals surface area contributed by atoms with E-state index < -0.39 is 0 Å². The smallest absolute Gasteiger partial charge is 0.265 e. The number of carbonyl (C=O) groups is 1. The van der Waals surface area contributed by atoms with Crippen LogP contribution in [0.4, 0.5) is 5.69 Å². The average Bonchev–Trinajstić information content (AvgIpc) is 2.75. The molecule has 0 aliphatic rings. The average molecular weight is 221 g/mol. The molecule has 0 unspecified atom stereocenters. The number of amides is 1. The molecule has 2 aromatic rings. The van der Waals surface area contributed by atoms with E-state index in [1.807, 2.05) is 26.1 Å². The number of hydrogen-bond acceptors (Lipinski definition) is 3. The molecular weight excluding hydrogens is 210 g/mol. The third-order valence-electron chi connectivity index (χ3n) is 1.93. The maximum atomic E-state index is 11.7. The predicted octanol–water partition coefficient (Wildman–Crippen LogP) is 2.04. The van der Waals surface area contributed by atoms with Gasteiger partial charge in [-0.3, -0.25) is 9.48 Å². The van der Waals surface area contributed by atoms with Gasteiger partial charge in [0.1, 0.15) is 0 Å². The van der Waals surface area contributed by atoms with Gasteiger partial charge in [-0.15, -0.1) is 11.3 Å². The van der Waals surface area contributed by atoms with Crippen molar-refractivity contribution in [3.8, 4) is 0 Å². The lowest BCUT2D eigenvalue weighted by atomic mass is 10.4. The Kier molecular flexibility index (Phi) is 2.55. The second kappa shape index (κ2) is 3.86. The molecule has 0 atom stereocenters. The van der Waals surface area contributed by atoms with Crippen LogP contribution < -0.4 is 5.32 Å². The minimum Gasteiger partial charge on any atom is -0.319 e. The van der Waals surface area contributed by atoms with E-state index >= 15 is 0 Å². The molecule has 0 fully saturated rings. The topological polar surface area (TPSA) is 46.9 Å². The largest absolute Gasteiger partial charge is 0.319 e. The first-order valence-electron chi connectivity index (χ1n) is 4.51. The molecule has 0 saturated heterocycles. The SMILES string of the molecule is Cc1ccc(C(=O)Nc2cnn(C)c2)s1. The lowest BCUT2D eigenvalue weighted by Gasteiger charge is -1.98. The molecule has 15 heavy (non-hydrogen) atoms. The van der Waals surface area contributed by atoms with Crippen LogP contribution in [0, 0.1) is 6.92 Å². The maximum Gasteiger partial charge on any atom is 0.265 e. The molecule has 0 aliphatic carbocycles. The highest BCUT2D eigenvalue weighted by Crippen LogP contribution is 2.16. The number of rotatable bonds is 2. The highest BCUT2D eigenvalue weighted by molar-refractivity contribution is 7.14.